The van der Waals surface area contributed by atoms with Gasteiger partial charge in [0.1, 0.15) is 24.4 Å². The van der Waals surface area contributed by atoms with Crippen LogP contribution in [0.2, 0.25) is 0 Å². The topological polar surface area (TPSA) is 103 Å². The second kappa shape index (κ2) is 7.74. The third-order valence-electron chi connectivity index (χ3n) is 4.40. The second-order valence-corrected chi connectivity index (χ2v) is 6.56. The Bertz CT molecular complexity index is 1310. The number of ether oxygens (including phenoxy) is 1. The fourth-order valence-corrected chi connectivity index (χ4v) is 3.05. The van der Waals surface area contributed by atoms with Gasteiger partial charge in [0.2, 0.25) is 5.91 Å². The first-order valence-corrected chi connectivity index (χ1v) is 8.96. The Morgan fingerprint density at radius 3 is 2.87 bits per heavy atom. The highest BCUT2D eigenvalue weighted by atomic mass is 19.1. The van der Waals surface area contributed by atoms with E-state index in [-0.39, 0.29) is 23.6 Å². The number of pyridine rings is 1. The summed E-state index contributed by atoms with van der Waals surface area (Å²) in [6.45, 7) is 1.39. The normalized spacial score (nSPS) is 10.9. The van der Waals surface area contributed by atoms with Crippen molar-refractivity contribution < 1.29 is 13.9 Å². The van der Waals surface area contributed by atoms with Crippen molar-refractivity contribution in [2.75, 3.05) is 12.4 Å². The molecule has 0 radical (unpaired) electrons. The van der Waals surface area contributed by atoms with Gasteiger partial charge in [-0.1, -0.05) is 0 Å². The highest BCUT2D eigenvalue weighted by Crippen LogP contribution is 2.32. The van der Waals surface area contributed by atoms with Gasteiger partial charge in [-0.05, 0) is 36.8 Å². The predicted molar refractivity (Wildman–Crippen MR) is 107 cm³/mol. The average molecular weight is 408 g/mol. The van der Waals surface area contributed by atoms with Gasteiger partial charge in [-0.3, -0.25) is 9.59 Å². The van der Waals surface area contributed by atoms with Crippen LogP contribution in [0.4, 0.5) is 10.1 Å². The minimum absolute atomic E-state index is 0.120. The maximum absolute atomic E-state index is 14.6. The molecule has 0 unspecified atom stereocenters. The van der Waals surface area contributed by atoms with E-state index in [1.165, 1.54) is 31.6 Å². The van der Waals surface area contributed by atoms with E-state index in [1.807, 2.05) is 0 Å². The third kappa shape index (κ3) is 3.75. The standard InChI is InChI=1S/C20H17FN6O3/c1-12-7-14(21)20(16(8-12)30-2)15-3-4-19(29)27(25-15)10-18(28)24-13-5-6-26-17(9-13)22-11-23-26/h3-9,11H,10H2,1-2H3,(H,24,28). The molecule has 4 aromatic rings. The molecule has 0 saturated heterocycles. The lowest BCUT2D eigenvalue weighted by Gasteiger charge is -2.12. The molecule has 0 atom stereocenters. The highest BCUT2D eigenvalue weighted by Gasteiger charge is 2.16. The first-order valence-electron chi connectivity index (χ1n) is 8.96. The summed E-state index contributed by atoms with van der Waals surface area (Å²) in [6, 6.07) is 8.94. The summed E-state index contributed by atoms with van der Waals surface area (Å²) in [7, 11) is 1.42. The lowest BCUT2D eigenvalue weighted by atomic mass is 10.1. The Morgan fingerprint density at radius 2 is 2.07 bits per heavy atom. The van der Waals surface area contributed by atoms with Gasteiger partial charge in [-0.2, -0.15) is 10.2 Å². The highest BCUT2D eigenvalue weighted by molar-refractivity contribution is 5.90. The quantitative estimate of drug-likeness (QED) is 0.542. The van der Waals surface area contributed by atoms with Crippen molar-refractivity contribution in [3.63, 3.8) is 0 Å². The predicted octanol–water partition coefficient (Wildman–Crippen LogP) is 2.05. The molecule has 3 heterocycles. The summed E-state index contributed by atoms with van der Waals surface area (Å²) in [6.07, 6.45) is 3.05. The number of benzene rings is 1. The van der Waals surface area contributed by atoms with Gasteiger partial charge in [0.05, 0.1) is 18.4 Å². The minimum Gasteiger partial charge on any atom is -0.496 e. The molecular weight excluding hydrogens is 391 g/mol. The van der Waals surface area contributed by atoms with Crippen LogP contribution in [-0.2, 0) is 11.3 Å². The monoisotopic (exact) mass is 408 g/mol. The van der Waals surface area contributed by atoms with Crippen LogP contribution in [-0.4, -0.2) is 37.4 Å². The summed E-state index contributed by atoms with van der Waals surface area (Å²) >= 11 is 0. The van der Waals surface area contributed by atoms with Gasteiger partial charge >= 0.3 is 0 Å². The number of hydrogen-bond donors (Lipinski definition) is 1. The van der Waals surface area contributed by atoms with Gasteiger partial charge in [0.15, 0.2) is 5.65 Å². The largest absolute Gasteiger partial charge is 0.496 e. The number of nitrogens with one attached hydrogen (secondary N) is 1. The van der Waals surface area contributed by atoms with Crippen LogP contribution < -0.4 is 15.6 Å². The fraction of sp³-hybridized carbons (Fsp3) is 0.150. The van der Waals surface area contributed by atoms with E-state index in [4.69, 9.17) is 4.74 Å². The molecular formula is C20H17FN6O3. The van der Waals surface area contributed by atoms with E-state index in [1.54, 1.807) is 35.8 Å². The number of aromatic nitrogens is 5. The van der Waals surface area contributed by atoms with Crippen molar-refractivity contribution in [1.29, 1.82) is 0 Å². The molecule has 1 aromatic carbocycles. The molecule has 30 heavy (non-hydrogen) atoms. The molecule has 0 bridgehead atoms. The summed E-state index contributed by atoms with van der Waals surface area (Å²) in [5.74, 6) is -0.714. The van der Waals surface area contributed by atoms with Crippen molar-refractivity contribution in [3.05, 3.63) is 70.7 Å². The molecule has 0 spiro atoms. The van der Waals surface area contributed by atoms with Crippen LogP contribution in [0.5, 0.6) is 5.75 Å². The molecule has 0 fully saturated rings. The summed E-state index contributed by atoms with van der Waals surface area (Å²) in [4.78, 5) is 28.7. The summed E-state index contributed by atoms with van der Waals surface area (Å²) in [5, 5.41) is 10.8. The molecule has 3 aromatic heterocycles. The number of carbonyl (C=O) groups excluding carboxylic acids is 1. The van der Waals surface area contributed by atoms with Gasteiger partial charge in [-0.25, -0.2) is 18.6 Å². The Labute approximate surface area is 169 Å². The molecule has 9 nitrogen and oxygen atoms in total. The Morgan fingerprint density at radius 1 is 1.23 bits per heavy atom. The van der Waals surface area contributed by atoms with Crippen LogP contribution in [0.25, 0.3) is 16.9 Å². The summed E-state index contributed by atoms with van der Waals surface area (Å²) < 4.78 is 22.3. The molecule has 1 N–H and O–H groups in total. The van der Waals surface area contributed by atoms with Gasteiger partial charge < -0.3 is 10.1 Å². The number of hydrogen-bond acceptors (Lipinski definition) is 6. The van der Waals surface area contributed by atoms with E-state index in [0.29, 0.717) is 16.9 Å². The lowest BCUT2D eigenvalue weighted by molar-refractivity contribution is -0.117. The summed E-state index contributed by atoms with van der Waals surface area (Å²) in [5.41, 5.74) is 1.55. The minimum atomic E-state index is -0.532. The zero-order valence-electron chi connectivity index (χ0n) is 16.2. The molecule has 0 aliphatic carbocycles. The Balaban J connectivity index is 1.61. The number of amides is 1. The number of methoxy groups -OCH3 is 1. The smallest absolute Gasteiger partial charge is 0.267 e. The molecule has 0 aliphatic heterocycles. The van der Waals surface area contributed by atoms with E-state index in [2.05, 4.69) is 20.5 Å². The maximum atomic E-state index is 14.6. The van der Waals surface area contributed by atoms with Gasteiger partial charge in [-0.15, -0.1) is 0 Å². The third-order valence-corrected chi connectivity index (χ3v) is 4.40. The molecule has 4 rings (SSSR count). The van der Waals surface area contributed by atoms with E-state index >= 15 is 0 Å². The molecule has 152 valence electrons. The number of anilines is 1. The van der Waals surface area contributed by atoms with Crippen LogP contribution in [0.15, 0.2) is 53.7 Å². The molecule has 0 saturated carbocycles. The number of rotatable bonds is 5. The number of nitrogens with zero attached hydrogens (tertiary/aromatic N) is 5. The molecule has 0 aliphatic rings. The van der Waals surface area contributed by atoms with Crippen molar-refractivity contribution in [2.24, 2.45) is 0 Å². The maximum Gasteiger partial charge on any atom is 0.267 e. The Hall–Kier alpha value is -4.08. The fourth-order valence-electron chi connectivity index (χ4n) is 3.05. The SMILES string of the molecule is COc1cc(C)cc(F)c1-c1ccc(=O)n(CC(=O)Nc2ccn3ncnc3c2)n1. The van der Waals surface area contributed by atoms with Crippen LogP contribution >= 0.6 is 0 Å². The van der Waals surface area contributed by atoms with E-state index in [9.17, 15) is 14.0 Å². The van der Waals surface area contributed by atoms with Crippen molar-refractivity contribution >= 4 is 17.2 Å². The first-order chi connectivity index (χ1) is 14.4. The zero-order chi connectivity index (χ0) is 21.3. The first kappa shape index (κ1) is 19.2. The van der Waals surface area contributed by atoms with Crippen LogP contribution in [0, 0.1) is 12.7 Å². The lowest BCUT2D eigenvalue weighted by Crippen LogP contribution is -2.29. The molecule has 1 amide bonds. The van der Waals surface area contributed by atoms with Crippen molar-refractivity contribution in [1.82, 2.24) is 24.4 Å². The van der Waals surface area contributed by atoms with Crippen molar-refractivity contribution in [2.45, 2.75) is 13.5 Å². The number of aryl methyl sites for hydroxylation is 1. The van der Waals surface area contributed by atoms with Gasteiger partial charge in [0, 0.05) is 24.0 Å². The van der Waals surface area contributed by atoms with Crippen molar-refractivity contribution in [3.8, 4) is 17.0 Å². The van der Waals surface area contributed by atoms with E-state index in [0.717, 1.165) is 4.68 Å². The van der Waals surface area contributed by atoms with Gasteiger partial charge in [0.25, 0.3) is 5.56 Å². The number of carbonyl (C=O) groups is 1. The average Bonchev–Trinajstić information content (AvgIpc) is 3.17. The van der Waals surface area contributed by atoms with Crippen LogP contribution in [0.1, 0.15) is 5.56 Å². The number of halogens is 1. The zero-order valence-corrected chi connectivity index (χ0v) is 16.2. The molecule has 10 heteroatoms. The van der Waals surface area contributed by atoms with E-state index < -0.39 is 17.3 Å². The Kier molecular flexibility index (Phi) is 4.97. The van der Waals surface area contributed by atoms with Crippen LogP contribution in [0.3, 0.4) is 0 Å². The number of fused-ring (bicyclic) bond motifs is 1. The second-order valence-electron chi connectivity index (χ2n) is 6.56.